The first kappa shape index (κ1) is 14.0. The van der Waals surface area contributed by atoms with Gasteiger partial charge in [0.25, 0.3) is 0 Å². The Bertz CT molecular complexity index is 568. The Morgan fingerprint density at radius 1 is 1.21 bits per heavy atom. The van der Waals surface area contributed by atoms with Crippen LogP contribution in [0.25, 0.3) is 0 Å². The molecule has 0 spiro atoms. The number of nitrogens with one attached hydrogen (secondary N) is 1. The summed E-state index contributed by atoms with van der Waals surface area (Å²) in [7, 11) is 0. The molecule has 1 unspecified atom stereocenters. The Kier molecular flexibility index (Phi) is 4.56. The molecule has 19 heavy (non-hydrogen) atoms. The molecule has 0 amide bonds. The number of hydrogen-bond acceptors (Lipinski definition) is 1. The molecule has 0 aliphatic heterocycles. The van der Waals surface area contributed by atoms with Crippen molar-refractivity contribution in [3.8, 4) is 0 Å². The second-order valence-electron chi connectivity index (χ2n) is 4.57. The van der Waals surface area contributed by atoms with Gasteiger partial charge in [-0.2, -0.15) is 0 Å². The lowest BCUT2D eigenvalue weighted by molar-refractivity contribution is 0.558. The van der Waals surface area contributed by atoms with Gasteiger partial charge >= 0.3 is 0 Å². The first-order chi connectivity index (χ1) is 9.11. The van der Waals surface area contributed by atoms with Gasteiger partial charge in [0.2, 0.25) is 0 Å². The van der Waals surface area contributed by atoms with Crippen molar-refractivity contribution in [2.24, 2.45) is 0 Å². The molecule has 2 rings (SSSR count). The molecule has 2 aromatic carbocycles. The largest absolute Gasteiger partial charge is 0.306 e. The summed E-state index contributed by atoms with van der Waals surface area (Å²) in [6, 6.07) is 12.7. The molecule has 2 aromatic rings. The summed E-state index contributed by atoms with van der Waals surface area (Å²) in [5, 5.41) is 3.96. The van der Waals surface area contributed by atoms with E-state index < -0.39 is 0 Å². The Hall–Kier alpha value is -1.38. The van der Waals surface area contributed by atoms with Crippen molar-refractivity contribution >= 4 is 11.6 Å². The van der Waals surface area contributed by atoms with Gasteiger partial charge in [0.05, 0.1) is 6.04 Å². The predicted octanol–water partition coefficient (Wildman–Crippen LogP) is 4.49. The Morgan fingerprint density at radius 2 is 2.00 bits per heavy atom. The molecular formula is C16H17ClFN. The summed E-state index contributed by atoms with van der Waals surface area (Å²) in [6.07, 6.45) is 0. The number of aryl methyl sites for hydroxylation is 1. The van der Waals surface area contributed by atoms with E-state index in [1.165, 1.54) is 0 Å². The lowest BCUT2D eigenvalue weighted by atomic mass is 9.97. The highest BCUT2D eigenvalue weighted by Crippen LogP contribution is 2.26. The molecule has 1 nitrogen and oxygen atoms in total. The van der Waals surface area contributed by atoms with E-state index in [-0.39, 0.29) is 11.9 Å². The molecular weight excluding hydrogens is 261 g/mol. The van der Waals surface area contributed by atoms with Gasteiger partial charge in [-0.3, -0.25) is 0 Å². The van der Waals surface area contributed by atoms with E-state index in [4.69, 9.17) is 11.6 Å². The van der Waals surface area contributed by atoms with Crippen LogP contribution in [0.2, 0.25) is 5.02 Å². The minimum absolute atomic E-state index is 0.177. The molecule has 1 N–H and O–H groups in total. The fourth-order valence-corrected chi connectivity index (χ4v) is 2.36. The molecule has 0 aliphatic carbocycles. The Balaban J connectivity index is 2.45. The molecule has 3 heteroatoms. The summed E-state index contributed by atoms with van der Waals surface area (Å²) in [6.45, 7) is 4.64. The molecule has 0 saturated carbocycles. The summed E-state index contributed by atoms with van der Waals surface area (Å²) in [5.74, 6) is -0.189. The molecule has 0 aliphatic rings. The van der Waals surface area contributed by atoms with Crippen LogP contribution in [-0.4, -0.2) is 6.54 Å². The normalized spacial score (nSPS) is 12.4. The van der Waals surface area contributed by atoms with Crippen LogP contribution in [0.4, 0.5) is 4.39 Å². The van der Waals surface area contributed by atoms with E-state index in [0.717, 1.165) is 17.7 Å². The zero-order valence-corrected chi connectivity index (χ0v) is 11.8. The predicted molar refractivity (Wildman–Crippen MR) is 78.1 cm³/mol. The van der Waals surface area contributed by atoms with Crippen LogP contribution in [0.1, 0.15) is 29.7 Å². The number of halogens is 2. The van der Waals surface area contributed by atoms with Gasteiger partial charge in [0.15, 0.2) is 0 Å². The van der Waals surface area contributed by atoms with E-state index in [2.05, 4.69) is 5.32 Å². The maximum atomic E-state index is 14.1. The third-order valence-corrected chi connectivity index (χ3v) is 3.29. The van der Waals surface area contributed by atoms with Gasteiger partial charge in [0, 0.05) is 10.6 Å². The van der Waals surface area contributed by atoms with E-state index >= 15 is 0 Å². The second kappa shape index (κ2) is 6.18. The van der Waals surface area contributed by atoms with Crippen LogP contribution in [0.5, 0.6) is 0 Å². The minimum Gasteiger partial charge on any atom is -0.306 e. The highest BCUT2D eigenvalue weighted by Gasteiger charge is 2.17. The van der Waals surface area contributed by atoms with Crippen LogP contribution >= 0.6 is 11.6 Å². The number of rotatable bonds is 4. The van der Waals surface area contributed by atoms with Gasteiger partial charge in [-0.05, 0) is 42.8 Å². The quantitative estimate of drug-likeness (QED) is 0.868. The van der Waals surface area contributed by atoms with Crippen LogP contribution in [-0.2, 0) is 0 Å². The van der Waals surface area contributed by atoms with Gasteiger partial charge in [0.1, 0.15) is 5.82 Å². The molecule has 0 fully saturated rings. The average Bonchev–Trinajstić information content (AvgIpc) is 2.37. The highest BCUT2D eigenvalue weighted by molar-refractivity contribution is 6.30. The molecule has 0 aromatic heterocycles. The van der Waals surface area contributed by atoms with Gasteiger partial charge in [-0.25, -0.2) is 4.39 Å². The van der Waals surface area contributed by atoms with Gasteiger partial charge in [-0.1, -0.05) is 42.8 Å². The molecule has 1 atom stereocenters. The summed E-state index contributed by atoms with van der Waals surface area (Å²) < 4.78 is 14.1. The Morgan fingerprint density at radius 3 is 2.63 bits per heavy atom. The first-order valence-corrected chi connectivity index (χ1v) is 6.74. The third kappa shape index (κ3) is 3.34. The maximum Gasteiger partial charge on any atom is 0.128 e. The lowest BCUT2D eigenvalue weighted by Gasteiger charge is -2.20. The molecule has 0 heterocycles. The zero-order valence-electron chi connectivity index (χ0n) is 11.1. The van der Waals surface area contributed by atoms with Crippen molar-refractivity contribution in [3.63, 3.8) is 0 Å². The average molecular weight is 278 g/mol. The SMILES string of the molecule is CCNC(c1cccc(Cl)c1)c1ccc(C)cc1F. The van der Waals surface area contributed by atoms with Crippen LogP contribution in [0.15, 0.2) is 42.5 Å². The third-order valence-electron chi connectivity index (χ3n) is 3.06. The summed E-state index contributed by atoms with van der Waals surface area (Å²) >= 11 is 6.02. The first-order valence-electron chi connectivity index (χ1n) is 6.36. The maximum absolute atomic E-state index is 14.1. The monoisotopic (exact) mass is 277 g/mol. The van der Waals surface area contributed by atoms with Crippen molar-refractivity contribution in [1.29, 1.82) is 0 Å². The van der Waals surface area contributed by atoms with Crippen LogP contribution in [0.3, 0.4) is 0 Å². The smallest absolute Gasteiger partial charge is 0.128 e. The number of benzene rings is 2. The molecule has 100 valence electrons. The molecule has 0 bridgehead atoms. The fourth-order valence-electron chi connectivity index (χ4n) is 2.16. The van der Waals surface area contributed by atoms with E-state index in [9.17, 15) is 4.39 Å². The van der Waals surface area contributed by atoms with Crippen LogP contribution < -0.4 is 5.32 Å². The Labute approximate surface area is 118 Å². The zero-order chi connectivity index (χ0) is 13.8. The molecule has 0 saturated heterocycles. The lowest BCUT2D eigenvalue weighted by Crippen LogP contribution is -2.23. The van der Waals surface area contributed by atoms with E-state index in [1.807, 2.05) is 50.2 Å². The van der Waals surface area contributed by atoms with E-state index in [0.29, 0.717) is 10.6 Å². The molecule has 0 radical (unpaired) electrons. The number of hydrogen-bond donors (Lipinski definition) is 1. The van der Waals surface area contributed by atoms with Gasteiger partial charge in [-0.15, -0.1) is 0 Å². The summed E-state index contributed by atoms with van der Waals surface area (Å²) in [4.78, 5) is 0. The van der Waals surface area contributed by atoms with Crippen molar-refractivity contribution < 1.29 is 4.39 Å². The van der Waals surface area contributed by atoms with Gasteiger partial charge < -0.3 is 5.32 Å². The second-order valence-corrected chi connectivity index (χ2v) is 5.01. The van der Waals surface area contributed by atoms with Crippen molar-refractivity contribution in [2.75, 3.05) is 6.54 Å². The van der Waals surface area contributed by atoms with Crippen molar-refractivity contribution in [1.82, 2.24) is 5.32 Å². The van der Waals surface area contributed by atoms with E-state index in [1.54, 1.807) is 6.07 Å². The fraction of sp³-hybridized carbons (Fsp3) is 0.250. The standard InChI is InChI=1S/C16H17ClFN/c1-3-19-16(12-5-4-6-13(17)10-12)14-8-7-11(2)9-15(14)18/h4-10,16,19H,3H2,1-2H3. The highest BCUT2D eigenvalue weighted by atomic mass is 35.5. The van der Waals surface area contributed by atoms with Crippen LogP contribution in [0, 0.1) is 12.7 Å². The topological polar surface area (TPSA) is 12.0 Å². The summed E-state index contributed by atoms with van der Waals surface area (Å²) in [5.41, 5.74) is 2.54. The van der Waals surface area contributed by atoms with Crippen molar-refractivity contribution in [3.05, 3.63) is 70.0 Å². The van der Waals surface area contributed by atoms with Crippen molar-refractivity contribution in [2.45, 2.75) is 19.9 Å². The minimum atomic E-state index is -0.189.